The monoisotopic (exact) mass is 221 g/mol. The molecule has 5 nitrogen and oxygen atoms in total. The number of nitrogens with zero attached hydrogens (tertiary/aromatic N) is 1. The molecular weight excluding hydrogens is 206 g/mol. The molecule has 14 heavy (non-hydrogen) atoms. The highest BCUT2D eigenvalue weighted by atomic mass is 32.2. The zero-order valence-electron chi connectivity index (χ0n) is 8.14. The summed E-state index contributed by atoms with van der Waals surface area (Å²) in [4.78, 5) is 10.3. The molecule has 0 aromatic heterocycles. The molecule has 1 rings (SSSR count). The summed E-state index contributed by atoms with van der Waals surface area (Å²) >= 11 is 0. The number of carboxylic acids is 1. The average Bonchev–Trinajstić information content (AvgIpc) is 2.87. The fourth-order valence-corrected chi connectivity index (χ4v) is 2.65. The van der Waals surface area contributed by atoms with E-state index >= 15 is 0 Å². The summed E-state index contributed by atoms with van der Waals surface area (Å²) in [5.41, 5.74) is 0. The Kier molecular flexibility index (Phi) is 3.49. The summed E-state index contributed by atoms with van der Waals surface area (Å²) in [6.07, 6.45) is 1.60. The van der Waals surface area contributed by atoms with Crippen molar-refractivity contribution < 1.29 is 18.3 Å². The molecule has 82 valence electrons. The molecular formula is C8H15NO4S. The maximum absolute atomic E-state index is 11.5. The van der Waals surface area contributed by atoms with Crippen LogP contribution in [0.1, 0.15) is 26.2 Å². The third kappa shape index (κ3) is 2.95. The number of hydrogen-bond acceptors (Lipinski definition) is 3. The molecule has 0 bridgehead atoms. The van der Waals surface area contributed by atoms with Crippen molar-refractivity contribution in [3.63, 3.8) is 0 Å². The standard InChI is InChI=1S/C8H15NO4S/c1-2-14(12,13)9(7-3-4-7)6-5-8(10)11/h7H,2-6H2,1H3,(H,10,11). The van der Waals surface area contributed by atoms with Gasteiger partial charge in [0, 0.05) is 12.6 Å². The van der Waals surface area contributed by atoms with Gasteiger partial charge in [0.25, 0.3) is 0 Å². The molecule has 1 aliphatic rings. The quantitative estimate of drug-likeness (QED) is 0.699. The van der Waals surface area contributed by atoms with Gasteiger partial charge in [0.2, 0.25) is 10.0 Å². The summed E-state index contributed by atoms with van der Waals surface area (Å²) in [5.74, 6) is -0.912. The second-order valence-electron chi connectivity index (χ2n) is 3.39. The molecule has 0 amide bonds. The minimum atomic E-state index is -3.22. The van der Waals surface area contributed by atoms with Crippen LogP contribution in [0.2, 0.25) is 0 Å². The number of carboxylic acid groups (broad SMARTS) is 1. The van der Waals surface area contributed by atoms with E-state index in [0.29, 0.717) is 0 Å². The molecule has 0 aromatic rings. The fourth-order valence-electron chi connectivity index (χ4n) is 1.28. The Morgan fingerprint density at radius 2 is 2.07 bits per heavy atom. The van der Waals surface area contributed by atoms with Gasteiger partial charge in [-0.2, -0.15) is 4.31 Å². The summed E-state index contributed by atoms with van der Waals surface area (Å²) < 4.78 is 24.4. The summed E-state index contributed by atoms with van der Waals surface area (Å²) in [7, 11) is -3.22. The van der Waals surface area contributed by atoms with Crippen molar-refractivity contribution >= 4 is 16.0 Å². The number of hydrogen-bond donors (Lipinski definition) is 1. The minimum Gasteiger partial charge on any atom is -0.481 e. The maximum atomic E-state index is 11.5. The highest BCUT2D eigenvalue weighted by molar-refractivity contribution is 7.89. The zero-order chi connectivity index (χ0) is 10.8. The van der Waals surface area contributed by atoms with E-state index in [4.69, 9.17) is 5.11 Å². The second-order valence-corrected chi connectivity index (χ2v) is 5.60. The van der Waals surface area contributed by atoms with Gasteiger partial charge in [0.05, 0.1) is 12.2 Å². The lowest BCUT2D eigenvalue weighted by Crippen LogP contribution is -2.36. The molecule has 0 spiro atoms. The molecule has 0 heterocycles. The number of sulfonamides is 1. The van der Waals surface area contributed by atoms with Gasteiger partial charge in [-0.25, -0.2) is 8.42 Å². The third-order valence-electron chi connectivity index (χ3n) is 2.22. The number of carbonyl (C=O) groups is 1. The topological polar surface area (TPSA) is 74.7 Å². The van der Waals surface area contributed by atoms with Gasteiger partial charge in [0.15, 0.2) is 0 Å². The van der Waals surface area contributed by atoms with Crippen LogP contribution < -0.4 is 0 Å². The fraction of sp³-hybridized carbons (Fsp3) is 0.875. The minimum absolute atomic E-state index is 0.0448. The van der Waals surface area contributed by atoms with Gasteiger partial charge in [-0.15, -0.1) is 0 Å². The van der Waals surface area contributed by atoms with Crippen LogP contribution in [0.15, 0.2) is 0 Å². The van der Waals surface area contributed by atoms with Crippen molar-refractivity contribution in [3.8, 4) is 0 Å². The SMILES string of the molecule is CCS(=O)(=O)N(CCC(=O)O)C1CC1. The smallest absolute Gasteiger partial charge is 0.304 e. The van der Waals surface area contributed by atoms with Gasteiger partial charge in [-0.3, -0.25) is 4.79 Å². The van der Waals surface area contributed by atoms with Crippen molar-refractivity contribution in [1.29, 1.82) is 0 Å². The first-order valence-corrected chi connectivity index (χ1v) is 6.29. The van der Waals surface area contributed by atoms with Gasteiger partial charge in [0.1, 0.15) is 0 Å². The molecule has 1 saturated carbocycles. The van der Waals surface area contributed by atoms with Gasteiger partial charge in [-0.1, -0.05) is 0 Å². The molecule has 1 fully saturated rings. The highest BCUT2D eigenvalue weighted by Crippen LogP contribution is 2.29. The van der Waals surface area contributed by atoms with Crippen molar-refractivity contribution in [3.05, 3.63) is 0 Å². The van der Waals surface area contributed by atoms with Crippen molar-refractivity contribution in [1.82, 2.24) is 4.31 Å². The van der Waals surface area contributed by atoms with E-state index in [2.05, 4.69) is 0 Å². The molecule has 0 aliphatic heterocycles. The lowest BCUT2D eigenvalue weighted by atomic mass is 10.4. The van der Waals surface area contributed by atoms with Crippen LogP contribution in [0.4, 0.5) is 0 Å². The first-order valence-electron chi connectivity index (χ1n) is 4.68. The maximum Gasteiger partial charge on any atom is 0.304 e. The molecule has 6 heteroatoms. The van der Waals surface area contributed by atoms with Crippen LogP contribution in [0.5, 0.6) is 0 Å². The Hall–Kier alpha value is -0.620. The molecule has 1 aliphatic carbocycles. The molecule has 0 aromatic carbocycles. The highest BCUT2D eigenvalue weighted by Gasteiger charge is 2.36. The van der Waals surface area contributed by atoms with E-state index in [0.717, 1.165) is 12.8 Å². The summed E-state index contributed by atoms with van der Waals surface area (Å²) in [6, 6.07) is 0.0549. The zero-order valence-corrected chi connectivity index (χ0v) is 8.96. The summed E-state index contributed by atoms with van der Waals surface area (Å²) in [5, 5.41) is 8.48. The van der Waals surface area contributed by atoms with E-state index in [1.165, 1.54) is 4.31 Å². The van der Waals surface area contributed by atoms with Crippen LogP contribution >= 0.6 is 0 Å². The first-order chi connectivity index (χ1) is 6.47. The summed E-state index contributed by atoms with van der Waals surface area (Å²) in [6.45, 7) is 1.68. The lowest BCUT2D eigenvalue weighted by molar-refractivity contribution is -0.137. The van der Waals surface area contributed by atoms with Crippen LogP contribution in [-0.4, -0.2) is 42.1 Å². The average molecular weight is 221 g/mol. The van der Waals surface area contributed by atoms with Crippen molar-refractivity contribution in [2.45, 2.75) is 32.2 Å². The van der Waals surface area contributed by atoms with Crippen LogP contribution in [0, 0.1) is 0 Å². The van der Waals surface area contributed by atoms with E-state index in [1.54, 1.807) is 6.92 Å². The Morgan fingerprint density at radius 1 is 1.50 bits per heavy atom. The molecule has 0 atom stereocenters. The Balaban J connectivity index is 2.60. The molecule has 0 radical (unpaired) electrons. The Morgan fingerprint density at radius 3 is 2.43 bits per heavy atom. The van der Waals surface area contributed by atoms with E-state index < -0.39 is 16.0 Å². The predicted molar refractivity (Wildman–Crippen MR) is 51.4 cm³/mol. The van der Waals surface area contributed by atoms with E-state index in [9.17, 15) is 13.2 Å². The number of aliphatic carboxylic acids is 1. The van der Waals surface area contributed by atoms with E-state index in [-0.39, 0.29) is 24.8 Å². The molecule has 0 saturated heterocycles. The van der Waals surface area contributed by atoms with Crippen LogP contribution in [-0.2, 0) is 14.8 Å². The Bertz CT molecular complexity index is 307. The van der Waals surface area contributed by atoms with Crippen LogP contribution in [0.25, 0.3) is 0 Å². The third-order valence-corrected chi connectivity index (χ3v) is 4.15. The number of rotatable bonds is 6. The normalized spacial score (nSPS) is 17.3. The van der Waals surface area contributed by atoms with Crippen LogP contribution in [0.3, 0.4) is 0 Å². The van der Waals surface area contributed by atoms with Gasteiger partial charge >= 0.3 is 5.97 Å². The lowest BCUT2D eigenvalue weighted by Gasteiger charge is -2.19. The van der Waals surface area contributed by atoms with Crippen molar-refractivity contribution in [2.75, 3.05) is 12.3 Å². The van der Waals surface area contributed by atoms with Gasteiger partial charge in [-0.05, 0) is 19.8 Å². The first kappa shape index (κ1) is 11.5. The predicted octanol–water partition coefficient (Wildman–Crippen LogP) is 0.275. The second kappa shape index (κ2) is 4.27. The molecule has 0 unspecified atom stereocenters. The van der Waals surface area contributed by atoms with E-state index in [1.807, 2.05) is 0 Å². The largest absolute Gasteiger partial charge is 0.481 e. The van der Waals surface area contributed by atoms with Crippen molar-refractivity contribution in [2.24, 2.45) is 0 Å². The van der Waals surface area contributed by atoms with Gasteiger partial charge < -0.3 is 5.11 Å². The Labute approximate surface area is 83.8 Å². The molecule has 1 N–H and O–H groups in total.